The highest BCUT2D eigenvalue weighted by atomic mass is 16.7. The Morgan fingerprint density at radius 2 is 2.06 bits per heavy atom. The molecule has 0 bridgehead atoms. The van der Waals surface area contributed by atoms with E-state index in [0.717, 1.165) is 0 Å². The predicted octanol–water partition coefficient (Wildman–Crippen LogP) is 1.16. The van der Waals surface area contributed by atoms with Crippen LogP contribution in [0.3, 0.4) is 0 Å². The Balaban J connectivity index is 2.17. The molecule has 0 fully saturated rings. The predicted molar refractivity (Wildman–Crippen MR) is 54.0 cm³/mol. The van der Waals surface area contributed by atoms with E-state index in [1.54, 1.807) is 13.8 Å². The lowest BCUT2D eigenvalue weighted by Gasteiger charge is -2.09. The third-order valence-electron chi connectivity index (χ3n) is 2.10. The third kappa shape index (κ3) is 1.98. The molecule has 1 aliphatic rings. The number of rotatable bonds is 2. The molecule has 1 aromatic heterocycles. The lowest BCUT2D eigenvalue weighted by Crippen LogP contribution is -2.19. The van der Waals surface area contributed by atoms with E-state index in [4.69, 9.17) is 13.9 Å². The second-order valence-electron chi connectivity index (χ2n) is 3.46. The first kappa shape index (κ1) is 10.5. The molecular formula is C11H10O5. The van der Waals surface area contributed by atoms with E-state index in [2.05, 4.69) is 0 Å². The second-order valence-corrected chi connectivity index (χ2v) is 3.46. The van der Waals surface area contributed by atoms with E-state index < -0.39 is 12.3 Å². The van der Waals surface area contributed by atoms with Crippen LogP contribution in [0.1, 0.15) is 12.7 Å². The van der Waals surface area contributed by atoms with Crippen molar-refractivity contribution in [2.75, 3.05) is 0 Å². The molecule has 0 N–H and O–H groups in total. The normalized spacial score (nSPS) is 19.2. The summed E-state index contributed by atoms with van der Waals surface area (Å²) in [5, 5.41) is 0. The average Bonchev–Trinajstić information content (AvgIpc) is 2.51. The van der Waals surface area contributed by atoms with Gasteiger partial charge in [-0.2, -0.15) is 0 Å². The summed E-state index contributed by atoms with van der Waals surface area (Å²) >= 11 is 0. The van der Waals surface area contributed by atoms with Gasteiger partial charge in [0.1, 0.15) is 12.0 Å². The van der Waals surface area contributed by atoms with E-state index >= 15 is 0 Å². The largest absolute Gasteiger partial charge is 0.465 e. The summed E-state index contributed by atoms with van der Waals surface area (Å²) in [6, 6.07) is 1.31. The maximum atomic E-state index is 11.4. The van der Waals surface area contributed by atoms with Crippen LogP contribution in [0.5, 0.6) is 5.75 Å². The highest BCUT2D eigenvalue weighted by molar-refractivity contribution is 5.89. The summed E-state index contributed by atoms with van der Waals surface area (Å²) in [7, 11) is 0. The molecule has 1 unspecified atom stereocenters. The Morgan fingerprint density at radius 3 is 2.62 bits per heavy atom. The minimum absolute atomic E-state index is 0.0225. The van der Waals surface area contributed by atoms with Gasteiger partial charge in [-0.1, -0.05) is 0 Å². The average molecular weight is 222 g/mol. The first-order valence-electron chi connectivity index (χ1n) is 4.72. The van der Waals surface area contributed by atoms with Crippen LogP contribution in [0.25, 0.3) is 0 Å². The quantitative estimate of drug-likeness (QED) is 0.702. The summed E-state index contributed by atoms with van der Waals surface area (Å²) < 4.78 is 15.0. The van der Waals surface area contributed by atoms with Gasteiger partial charge in [-0.25, -0.2) is 4.79 Å². The van der Waals surface area contributed by atoms with Crippen molar-refractivity contribution in [1.29, 1.82) is 0 Å². The van der Waals surface area contributed by atoms with E-state index in [1.165, 1.54) is 18.4 Å². The molecule has 16 heavy (non-hydrogen) atoms. The van der Waals surface area contributed by atoms with E-state index in [9.17, 15) is 9.59 Å². The minimum Gasteiger partial charge on any atom is -0.465 e. The van der Waals surface area contributed by atoms with Crippen LogP contribution in [0.4, 0.5) is 0 Å². The fraction of sp³-hybridized carbons (Fsp3) is 0.273. The van der Waals surface area contributed by atoms with Gasteiger partial charge in [-0.3, -0.25) is 4.79 Å². The van der Waals surface area contributed by atoms with Crippen molar-refractivity contribution < 1.29 is 18.7 Å². The molecule has 0 spiro atoms. The van der Waals surface area contributed by atoms with Crippen LogP contribution in [-0.2, 0) is 9.53 Å². The molecule has 5 heteroatoms. The first-order chi connectivity index (χ1) is 7.56. The molecule has 1 aromatic rings. The number of esters is 1. The zero-order chi connectivity index (χ0) is 11.7. The lowest BCUT2D eigenvalue weighted by molar-refractivity contribution is -0.148. The number of cyclic esters (lactones) is 1. The molecule has 5 nitrogen and oxygen atoms in total. The summed E-state index contributed by atoms with van der Waals surface area (Å²) in [5.74, 6) is 0.0725. The molecule has 0 saturated carbocycles. The van der Waals surface area contributed by atoms with Crippen molar-refractivity contribution >= 4 is 5.97 Å². The van der Waals surface area contributed by atoms with Gasteiger partial charge in [0.25, 0.3) is 6.29 Å². The van der Waals surface area contributed by atoms with Crippen LogP contribution in [-0.4, -0.2) is 12.3 Å². The number of hydrogen-bond acceptors (Lipinski definition) is 5. The molecule has 0 aliphatic carbocycles. The first-order valence-corrected chi connectivity index (χ1v) is 4.72. The molecule has 1 atom stereocenters. The fourth-order valence-corrected chi connectivity index (χ4v) is 1.27. The zero-order valence-electron chi connectivity index (χ0n) is 8.85. The number of carbonyl (C=O) groups is 1. The molecule has 2 heterocycles. The van der Waals surface area contributed by atoms with Crippen molar-refractivity contribution in [1.82, 2.24) is 0 Å². The van der Waals surface area contributed by atoms with E-state index in [-0.39, 0.29) is 11.2 Å². The van der Waals surface area contributed by atoms with Gasteiger partial charge in [0, 0.05) is 17.7 Å². The molecule has 1 aliphatic heterocycles. The Labute approximate surface area is 91.3 Å². The van der Waals surface area contributed by atoms with Gasteiger partial charge in [0.2, 0.25) is 11.2 Å². The summed E-state index contributed by atoms with van der Waals surface area (Å²) in [6.45, 7) is 3.27. The van der Waals surface area contributed by atoms with Crippen LogP contribution < -0.4 is 10.2 Å². The lowest BCUT2D eigenvalue weighted by atomic mass is 10.3. The highest BCUT2D eigenvalue weighted by Crippen LogP contribution is 2.16. The van der Waals surface area contributed by atoms with Gasteiger partial charge in [0.05, 0.1) is 0 Å². The van der Waals surface area contributed by atoms with Crippen LogP contribution in [0.15, 0.2) is 33.2 Å². The number of ether oxygens (including phenoxy) is 2. The molecule has 0 radical (unpaired) electrons. The van der Waals surface area contributed by atoms with E-state index in [1.807, 2.05) is 0 Å². The van der Waals surface area contributed by atoms with Crippen LogP contribution in [0, 0.1) is 6.92 Å². The molecule has 0 amide bonds. The smallest absolute Gasteiger partial charge is 0.336 e. The second kappa shape index (κ2) is 3.84. The van der Waals surface area contributed by atoms with Gasteiger partial charge >= 0.3 is 5.97 Å². The van der Waals surface area contributed by atoms with Gasteiger partial charge in [-0.05, 0) is 13.8 Å². The van der Waals surface area contributed by atoms with Gasteiger partial charge < -0.3 is 13.9 Å². The summed E-state index contributed by atoms with van der Waals surface area (Å²) in [6.07, 6.45) is 1.85. The maximum absolute atomic E-state index is 11.4. The molecular weight excluding hydrogens is 212 g/mol. The SMILES string of the molecule is CC1=CC(Oc2coc(C)cc2=O)OC1=O. The third-order valence-corrected chi connectivity index (χ3v) is 2.10. The van der Waals surface area contributed by atoms with E-state index in [0.29, 0.717) is 11.3 Å². The van der Waals surface area contributed by atoms with Crippen molar-refractivity contribution in [3.05, 3.63) is 40.0 Å². The molecule has 0 saturated heterocycles. The monoisotopic (exact) mass is 222 g/mol. The standard InChI is InChI=1S/C11H10O5/c1-6-3-10(16-11(6)13)15-9-5-14-7(2)4-8(9)12/h3-5,10H,1-2H3. The fourth-order valence-electron chi connectivity index (χ4n) is 1.27. The van der Waals surface area contributed by atoms with Crippen molar-refractivity contribution in [3.63, 3.8) is 0 Å². The number of aryl methyl sites for hydroxylation is 1. The van der Waals surface area contributed by atoms with Crippen molar-refractivity contribution in [2.24, 2.45) is 0 Å². The van der Waals surface area contributed by atoms with Gasteiger partial charge in [-0.15, -0.1) is 0 Å². The summed E-state index contributed by atoms with van der Waals surface area (Å²) in [5.41, 5.74) is 0.152. The Kier molecular flexibility index (Phi) is 2.52. The van der Waals surface area contributed by atoms with Crippen LogP contribution in [0.2, 0.25) is 0 Å². The number of hydrogen-bond donors (Lipinski definition) is 0. The van der Waals surface area contributed by atoms with Gasteiger partial charge in [0.15, 0.2) is 0 Å². The Bertz CT molecular complexity index is 511. The topological polar surface area (TPSA) is 65.7 Å². The van der Waals surface area contributed by atoms with Crippen molar-refractivity contribution in [2.45, 2.75) is 20.1 Å². The Hall–Kier alpha value is -2.04. The maximum Gasteiger partial charge on any atom is 0.336 e. The molecule has 0 aromatic carbocycles. The molecule has 2 rings (SSSR count). The van der Waals surface area contributed by atoms with Crippen molar-refractivity contribution in [3.8, 4) is 5.75 Å². The molecule has 84 valence electrons. The van der Waals surface area contributed by atoms with Crippen LogP contribution >= 0.6 is 0 Å². The Morgan fingerprint density at radius 1 is 1.31 bits per heavy atom. The highest BCUT2D eigenvalue weighted by Gasteiger charge is 2.24. The zero-order valence-corrected chi connectivity index (χ0v) is 8.85. The number of carbonyl (C=O) groups excluding carboxylic acids is 1. The minimum atomic E-state index is -0.849. The summed E-state index contributed by atoms with van der Waals surface area (Å²) in [4.78, 5) is 22.5.